The molecule has 0 N–H and O–H groups in total. The van der Waals surface area contributed by atoms with Gasteiger partial charge < -0.3 is 4.90 Å². The third-order valence-corrected chi connectivity index (χ3v) is 6.85. The fourth-order valence-electron chi connectivity index (χ4n) is 5.36. The number of rotatable bonds is 6. The van der Waals surface area contributed by atoms with Crippen LogP contribution in [0, 0.1) is 6.92 Å². The molecule has 0 aromatic heterocycles. The monoisotopic (exact) mass is 390 g/mol. The number of benzene rings is 2. The molecule has 2 heterocycles. The maximum absolute atomic E-state index is 12.9. The Balaban J connectivity index is 1.50. The first-order chi connectivity index (χ1) is 14.2. The van der Waals surface area contributed by atoms with Crippen LogP contribution in [0.5, 0.6) is 0 Å². The lowest BCUT2D eigenvalue weighted by Crippen LogP contribution is -2.58. The molecule has 0 spiro atoms. The summed E-state index contributed by atoms with van der Waals surface area (Å²) in [6.07, 6.45) is 7.76. The van der Waals surface area contributed by atoms with E-state index in [0.29, 0.717) is 24.5 Å². The minimum atomic E-state index is 0.259. The lowest BCUT2D eigenvalue weighted by molar-refractivity contribution is -0.119. The van der Waals surface area contributed by atoms with E-state index in [2.05, 4.69) is 71.3 Å². The van der Waals surface area contributed by atoms with Crippen molar-refractivity contribution in [2.75, 3.05) is 11.4 Å². The average Bonchev–Trinajstić information content (AvgIpc) is 2.74. The maximum Gasteiger partial charge on any atom is 0.226 e. The summed E-state index contributed by atoms with van der Waals surface area (Å²) in [4.78, 5) is 17.8. The van der Waals surface area contributed by atoms with Crippen molar-refractivity contribution in [3.05, 3.63) is 65.7 Å². The van der Waals surface area contributed by atoms with Crippen molar-refractivity contribution in [3.63, 3.8) is 0 Å². The molecule has 154 valence electrons. The van der Waals surface area contributed by atoms with E-state index in [-0.39, 0.29) is 5.91 Å². The molecule has 0 aliphatic carbocycles. The molecule has 0 saturated carbocycles. The molecule has 2 aromatic rings. The van der Waals surface area contributed by atoms with E-state index in [1.54, 1.807) is 0 Å². The van der Waals surface area contributed by atoms with Crippen molar-refractivity contribution in [1.82, 2.24) is 4.90 Å². The molecule has 29 heavy (non-hydrogen) atoms. The fraction of sp³-hybridized carbons (Fsp3) is 0.500. The molecule has 2 saturated heterocycles. The Morgan fingerprint density at radius 1 is 1.00 bits per heavy atom. The van der Waals surface area contributed by atoms with Crippen LogP contribution in [0.4, 0.5) is 5.69 Å². The van der Waals surface area contributed by atoms with E-state index in [1.165, 1.54) is 30.4 Å². The Kier molecular flexibility index (Phi) is 6.34. The van der Waals surface area contributed by atoms with Gasteiger partial charge in [0.2, 0.25) is 5.91 Å². The molecule has 0 radical (unpaired) electrons. The lowest BCUT2D eigenvalue weighted by Gasteiger charge is -2.51. The van der Waals surface area contributed by atoms with Crippen LogP contribution in [-0.2, 0) is 11.2 Å². The van der Waals surface area contributed by atoms with Crippen LogP contribution < -0.4 is 4.90 Å². The minimum Gasteiger partial charge on any atom is -0.309 e. The number of hydrogen-bond donors (Lipinski definition) is 0. The number of hydrogen-bond acceptors (Lipinski definition) is 2. The van der Waals surface area contributed by atoms with Crippen molar-refractivity contribution in [3.8, 4) is 0 Å². The summed E-state index contributed by atoms with van der Waals surface area (Å²) in [5, 5.41) is 0. The van der Waals surface area contributed by atoms with Gasteiger partial charge in [-0.2, -0.15) is 0 Å². The van der Waals surface area contributed by atoms with E-state index in [0.717, 1.165) is 31.5 Å². The molecule has 4 rings (SSSR count). The van der Waals surface area contributed by atoms with Crippen LogP contribution in [0.2, 0.25) is 0 Å². The number of piperidine rings is 2. The summed E-state index contributed by atoms with van der Waals surface area (Å²) < 4.78 is 0. The molecule has 2 bridgehead atoms. The standard InChI is InChI=1S/C26H34N2O/c1-3-26(29)28(22-14-12-20(2)13-15-22)25-18-23-10-7-11-24(19-25)27(23)17-16-21-8-5-4-6-9-21/h4-6,8-9,12-15,23-25H,3,7,10-11,16-19H2,1-2H3/t23-,24+,25?. The lowest BCUT2D eigenvalue weighted by atomic mass is 9.80. The number of nitrogens with zero attached hydrogens (tertiary/aromatic N) is 2. The van der Waals surface area contributed by atoms with Gasteiger partial charge in [-0.3, -0.25) is 9.69 Å². The van der Waals surface area contributed by atoms with Crippen LogP contribution in [-0.4, -0.2) is 35.5 Å². The Morgan fingerprint density at radius 2 is 1.66 bits per heavy atom. The SMILES string of the molecule is CCC(=O)N(c1ccc(C)cc1)C1C[C@H]2CCC[C@@H](C1)N2CCc1ccccc1. The zero-order valence-electron chi connectivity index (χ0n) is 17.9. The Hall–Kier alpha value is -2.13. The number of amides is 1. The predicted molar refractivity (Wildman–Crippen MR) is 120 cm³/mol. The number of carbonyl (C=O) groups is 1. The van der Waals surface area contributed by atoms with Crippen LogP contribution in [0.3, 0.4) is 0 Å². The summed E-state index contributed by atoms with van der Waals surface area (Å²) in [5.74, 6) is 0.259. The first-order valence-corrected chi connectivity index (χ1v) is 11.3. The minimum absolute atomic E-state index is 0.259. The van der Waals surface area contributed by atoms with Crippen molar-refractivity contribution in [2.45, 2.75) is 76.9 Å². The van der Waals surface area contributed by atoms with Crippen LogP contribution in [0.15, 0.2) is 54.6 Å². The highest BCUT2D eigenvalue weighted by Gasteiger charge is 2.41. The zero-order chi connectivity index (χ0) is 20.2. The second kappa shape index (κ2) is 9.13. The highest BCUT2D eigenvalue weighted by molar-refractivity contribution is 5.93. The fourth-order valence-corrected chi connectivity index (χ4v) is 5.36. The van der Waals surface area contributed by atoms with Crippen molar-refractivity contribution < 1.29 is 4.79 Å². The van der Waals surface area contributed by atoms with Gasteiger partial charge >= 0.3 is 0 Å². The van der Waals surface area contributed by atoms with Crippen LogP contribution >= 0.6 is 0 Å². The second-order valence-corrected chi connectivity index (χ2v) is 8.79. The quantitative estimate of drug-likeness (QED) is 0.662. The Bertz CT molecular complexity index is 787. The summed E-state index contributed by atoms with van der Waals surface area (Å²) in [6.45, 7) is 5.23. The number of aryl methyl sites for hydroxylation is 1. The summed E-state index contributed by atoms with van der Waals surface area (Å²) in [5.41, 5.74) is 3.74. The Labute approximate surface area is 175 Å². The molecule has 2 aromatic carbocycles. The van der Waals surface area contributed by atoms with E-state index in [9.17, 15) is 4.79 Å². The number of carbonyl (C=O) groups excluding carboxylic acids is 1. The highest BCUT2D eigenvalue weighted by Crippen LogP contribution is 2.37. The summed E-state index contributed by atoms with van der Waals surface area (Å²) in [6, 6.07) is 20.9. The smallest absolute Gasteiger partial charge is 0.226 e. The molecule has 3 atom stereocenters. The molecule has 2 aliphatic heterocycles. The van der Waals surface area contributed by atoms with Gasteiger partial charge in [0.1, 0.15) is 0 Å². The van der Waals surface area contributed by atoms with E-state index in [1.807, 2.05) is 6.92 Å². The summed E-state index contributed by atoms with van der Waals surface area (Å²) >= 11 is 0. The van der Waals surface area contributed by atoms with E-state index < -0.39 is 0 Å². The van der Waals surface area contributed by atoms with Gasteiger partial charge in [-0.1, -0.05) is 61.4 Å². The van der Waals surface area contributed by atoms with Crippen molar-refractivity contribution in [2.24, 2.45) is 0 Å². The average molecular weight is 391 g/mol. The van der Waals surface area contributed by atoms with E-state index in [4.69, 9.17) is 0 Å². The number of anilines is 1. The second-order valence-electron chi connectivity index (χ2n) is 8.79. The highest BCUT2D eigenvalue weighted by atomic mass is 16.2. The van der Waals surface area contributed by atoms with Crippen LogP contribution in [0.25, 0.3) is 0 Å². The molecule has 3 heteroatoms. The maximum atomic E-state index is 12.9. The van der Waals surface area contributed by atoms with Gasteiger partial charge in [0, 0.05) is 36.8 Å². The molecule has 2 fully saturated rings. The van der Waals surface area contributed by atoms with Gasteiger partial charge in [0.25, 0.3) is 0 Å². The molecular weight excluding hydrogens is 356 g/mol. The molecular formula is C26H34N2O. The Morgan fingerprint density at radius 3 is 2.28 bits per heavy atom. The first-order valence-electron chi connectivity index (χ1n) is 11.3. The molecule has 2 aliphatic rings. The zero-order valence-corrected chi connectivity index (χ0v) is 17.9. The third-order valence-electron chi connectivity index (χ3n) is 6.85. The predicted octanol–water partition coefficient (Wildman–Crippen LogP) is 5.37. The molecule has 1 amide bonds. The van der Waals surface area contributed by atoms with Gasteiger partial charge in [0.05, 0.1) is 0 Å². The van der Waals surface area contributed by atoms with Gasteiger partial charge in [-0.05, 0) is 56.7 Å². The normalized spacial score (nSPS) is 24.3. The topological polar surface area (TPSA) is 23.6 Å². The third kappa shape index (κ3) is 4.56. The number of fused-ring (bicyclic) bond motifs is 2. The summed E-state index contributed by atoms with van der Waals surface area (Å²) in [7, 11) is 0. The van der Waals surface area contributed by atoms with Gasteiger partial charge in [0.15, 0.2) is 0 Å². The largest absolute Gasteiger partial charge is 0.309 e. The van der Waals surface area contributed by atoms with Crippen molar-refractivity contribution >= 4 is 11.6 Å². The van der Waals surface area contributed by atoms with Gasteiger partial charge in [-0.15, -0.1) is 0 Å². The van der Waals surface area contributed by atoms with Crippen molar-refractivity contribution in [1.29, 1.82) is 0 Å². The van der Waals surface area contributed by atoms with Crippen LogP contribution in [0.1, 0.15) is 56.6 Å². The molecule has 1 unspecified atom stereocenters. The van der Waals surface area contributed by atoms with E-state index >= 15 is 0 Å². The molecule has 3 nitrogen and oxygen atoms in total. The first kappa shape index (κ1) is 20.2. The van der Waals surface area contributed by atoms with Gasteiger partial charge in [-0.25, -0.2) is 0 Å².